The summed E-state index contributed by atoms with van der Waals surface area (Å²) in [6.07, 6.45) is 4.40. The molecule has 1 saturated heterocycles. The van der Waals surface area contributed by atoms with Gasteiger partial charge < -0.3 is 10.1 Å². The molecule has 0 spiro atoms. The third-order valence-corrected chi connectivity index (χ3v) is 3.86. The predicted molar refractivity (Wildman–Crippen MR) is 81.9 cm³/mol. The van der Waals surface area contributed by atoms with Gasteiger partial charge in [0.2, 0.25) is 5.88 Å². The summed E-state index contributed by atoms with van der Waals surface area (Å²) in [4.78, 5) is 6.80. The highest BCUT2D eigenvalue weighted by molar-refractivity contribution is 5.25. The van der Waals surface area contributed by atoms with Gasteiger partial charge in [0.15, 0.2) is 0 Å². The average molecular weight is 277 g/mol. The number of hydrogen-bond acceptors (Lipinski definition) is 4. The maximum atomic E-state index is 5.34. The number of likely N-dealkylation sites (tertiary alicyclic amines) is 1. The zero-order chi connectivity index (χ0) is 14.4. The zero-order valence-corrected chi connectivity index (χ0v) is 12.9. The molecule has 2 heterocycles. The molecule has 112 valence electrons. The number of rotatable bonds is 6. The number of piperidine rings is 1. The molecule has 4 nitrogen and oxygen atoms in total. The van der Waals surface area contributed by atoms with Gasteiger partial charge in [-0.15, -0.1) is 0 Å². The van der Waals surface area contributed by atoms with Crippen LogP contribution in [-0.4, -0.2) is 42.7 Å². The molecule has 1 aliphatic rings. The van der Waals surface area contributed by atoms with Crippen LogP contribution in [0.25, 0.3) is 0 Å². The number of ether oxygens (including phenoxy) is 1. The first kappa shape index (κ1) is 15.3. The van der Waals surface area contributed by atoms with E-state index in [0.717, 1.165) is 31.4 Å². The van der Waals surface area contributed by atoms with Crippen LogP contribution in [0.4, 0.5) is 0 Å². The largest absolute Gasteiger partial charge is 0.481 e. The van der Waals surface area contributed by atoms with Crippen LogP contribution in [0.1, 0.15) is 32.3 Å². The van der Waals surface area contributed by atoms with Gasteiger partial charge in [-0.3, -0.25) is 4.90 Å². The van der Waals surface area contributed by atoms with E-state index < -0.39 is 0 Å². The summed E-state index contributed by atoms with van der Waals surface area (Å²) in [6, 6.07) is 4.67. The van der Waals surface area contributed by atoms with Gasteiger partial charge in [-0.2, -0.15) is 0 Å². The van der Waals surface area contributed by atoms with Crippen LogP contribution in [0, 0.1) is 5.92 Å². The van der Waals surface area contributed by atoms with E-state index in [2.05, 4.69) is 35.1 Å². The summed E-state index contributed by atoms with van der Waals surface area (Å²) >= 11 is 0. The Labute approximate surface area is 122 Å². The maximum absolute atomic E-state index is 5.34. The summed E-state index contributed by atoms with van der Waals surface area (Å²) in [5.74, 6) is 1.52. The van der Waals surface area contributed by atoms with E-state index in [1.165, 1.54) is 24.9 Å². The lowest BCUT2D eigenvalue weighted by Gasteiger charge is -2.33. The Morgan fingerprint density at radius 1 is 1.50 bits per heavy atom. The second kappa shape index (κ2) is 7.60. The minimum atomic E-state index is 0.573. The van der Waals surface area contributed by atoms with Crippen LogP contribution in [0.3, 0.4) is 0 Å². The summed E-state index contributed by atoms with van der Waals surface area (Å²) in [5.41, 5.74) is 1.19. The van der Waals surface area contributed by atoms with Crippen LogP contribution >= 0.6 is 0 Å². The molecule has 0 aromatic carbocycles. The van der Waals surface area contributed by atoms with Crippen molar-refractivity contribution >= 4 is 0 Å². The van der Waals surface area contributed by atoms with Crippen LogP contribution < -0.4 is 10.1 Å². The van der Waals surface area contributed by atoms with Crippen molar-refractivity contribution < 1.29 is 4.74 Å². The SMILES string of the molecule is COc1ncccc1CN1CCCC(CNC(C)C)C1. The molecule has 2 rings (SSSR count). The molecule has 20 heavy (non-hydrogen) atoms. The van der Waals surface area contributed by atoms with Gasteiger partial charge in [0, 0.05) is 30.9 Å². The third-order valence-electron chi connectivity index (χ3n) is 3.86. The van der Waals surface area contributed by atoms with Crippen molar-refractivity contribution in [2.75, 3.05) is 26.7 Å². The van der Waals surface area contributed by atoms with E-state index in [4.69, 9.17) is 4.74 Å². The van der Waals surface area contributed by atoms with Crippen LogP contribution in [0.2, 0.25) is 0 Å². The summed E-state index contributed by atoms with van der Waals surface area (Å²) < 4.78 is 5.34. The van der Waals surface area contributed by atoms with Crippen molar-refractivity contribution in [2.24, 2.45) is 5.92 Å². The fourth-order valence-corrected chi connectivity index (χ4v) is 2.83. The molecular weight excluding hydrogens is 250 g/mol. The molecule has 1 atom stereocenters. The monoisotopic (exact) mass is 277 g/mol. The number of nitrogens with one attached hydrogen (secondary N) is 1. The molecule has 1 aromatic rings. The molecule has 1 aliphatic heterocycles. The molecular formula is C16H27N3O. The molecule has 0 amide bonds. The molecule has 0 bridgehead atoms. The van der Waals surface area contributed by atoms with Crippen molar-refractivity contribution in [2.45, 2.75) is 39.3 Å². The second-order valence-electron chi connectivity index (χ2n) is 5.98. The summed E-state index contributed by atoms with van der Waals surface area (Å²) in [5, 5.41) is 3.56. The van der Waals surface area contributed by atoms with Gasteiger partial charge in [-0.1, -0.05) is 19.9 Å². The van der Waals surface area contributed by atoms with Crippen molar-refractivity contribution in [3.05, 3.63) is 23.9 Å². The van der Waals surface area contributed by atoms with E-state index in [1.54, 1.807) is 13.3 Å². The highest BCUT2D eigenvalue weighted by Gasteiger charge is 2.20. The van der Waals surface area contributed by atoms with Crippen molar-refractivity contribution in [1.82, 2.24) is 15.2 Å². The standard InChI is InChI=1S/C16H27N3O/c1-13(2)18-10-14-6-5-9-19(11-14)12-15-7-4-8-17-16(15)20-3/h4,7-8,13-14,18H,5-6,9-12H2,1-3H3. The molecule has 0 aliphatic carbocycles. The van der Waals surface area contributed by atoms with E-state index in [-0.39, 0.29) is 0 Å². The number of hydrogen-bond donors (Lipinski definition) is 1. The van der Waals surface area contributed by atoms with Gasteiger partial charge in [0.1, 0.15) is 0 Å². The molecule has 0 saturated carbocycles. The number of methoxy groups -OCH3 is 1. The first-order valence-electron chi connectivity index (χ1n) is 7.62. The van der Waals surface area contributed by atoms with Crippen molar-refractivity contribution in [3.8, 4) is 5.88 Å². The highest BCUT2D eigenvalue weighted by Crippen LogP contribution is 2.21. The smallest absolute Gasteiger partial charge is 0.217 e. The maximum Gasteiger partial charge on any atom is 0.217 e. The first-order valence-corrected chi connectivity index (χ1v) is 7.62. The zero-order valence-electron chi connectivity index (χ0n) is 12.9. The van der Waals surface area contributed by atoms with Gasteiger partial charge in [-0.25, -0.2) is 4.98 Å². The Balaban J connectivity index is 1.89. The number of nitrogens with zero attached hydrogens (tertiary/aromatic N) is 2. The Morgan fingerprint density at radius 3 is 3.10 bits per heavy atom. The fourth-order valence-electron chi connectivity index (χ4n) is 2.83. The van der Waals surface area contributed by atoms with Crippen LogP contribution in [0.15, 0.2) is 18.3 Å². The van der Waals surface area contributed by atoms with Gasteiger partial charge in [0.05, 0.1) is 7.11 Å². The highest BCUT2D eigenvalue weighted by atomic mass is 16.5. The Morgan fingerprint density at radius 2 is 2.35 bits per heavy atom. The molecule has 4 heteroatoms. The number of pyridine rings is 1. The molecule has 1 unspecified atom stereocenters. The summed E-state index contributed by atoms with van der Waals surface area (Å²) in [6.45, 7) is 8.82. The van der Waals surface area contributed by atoms with Gasteiger partial charge >= 0.3 is 0 Å². The number of aromatic nitrogens is 1. The summed E-state index contributed by atoms with van der Waals surface area (Å²) in [7, 11) is 1.69. The van der Waals surface area contributed by atoms with E-state index in [9.17, 15) is 0 Å². The fraction of sp³-hybridized carbons (Fsp3) is 0.688. The minimum absolute atomic E-state index is 0.573. The van der Waals surface area contributed by atoms with Crippen LogP contribution in [-0.2, 0) is 6.54 Å². The quantitative estimate of drug-likeness (QED) is 0.866. The lowest BCUT2D eigenvalue weighted by molar-refractivity contribution is 0.162. The Bertz CT molecular complexity index is 408. The molecule has 1 N–H and O–H groups in total. The molecule has 0 radical (unpaired) electrons. The lowest BCUT2D eigenvalue weighted by atomic mass is 9.97. The molecule has 1 aromatic heterocycles. The van der Waals surface area contributed by atoms with E-state index >= 15 is 0 Å². The Hall–Kier alpha value is -1.13. The Kier molecular flexibility index (Phi) is 5.80. The second-order valence-corrected chi connectivity index (χ2v) is 5.98. The topological polar surface area (TPSA) is 37.4 Å². The lowest BCUT2D eigenvalue weighted by Crippen LogP contribution is -2.40. The normalized spacial score (nSPS) is 20.3. The average Bonchev–Trinajstić information content (AvgIpc) is 2.46. The molecule has 1 fully saturated rings. The predicted octanol–water partition coefficient (Wildman–Crippen LogP) is 2.30. The van der Waals surface area contributed by atoms with E-state index in [0.29, 0.717) is 6.04 Å². The van der Waals surface area contributed by atoms with E-state index in [1.807, 2.05) is 6.07 Å². The van der Waals surface area contributed by atoms with Gasteiger partial charge in [0.25, 0.3) is 0 Å². The van der Waals surface area contributed by atoms with Crippen molar-refractivity contribution in [3.63, 3.8) is 0 Å². The third kappa shape index (κ3) is 4.46. The van der Waals surface area contributed by atoms with Gasteiger partial charge in [-0.05, 0) is 37.9 Å². The minimum Gasteiger partial charge on any atom is -0.481 e. The van der Waals surface area contributed by atoms with Crippen molar-refractivity contribution in [1.29, 1.82) is 0 Å². The van der Waals surface area contributed by atoms with Crippen LogP contribution in [0.5, 0.6) is 5.88 Å². The first-order chi connectivity index (χ1) is 9.69.